The Bertz CT molecular complexity index is 1350. The van der Waals surface area contributed by atoms with Crippen molar-refractivity contribution < 1.29 is 13.2 Å². The van der Waals surface area contributed by atoms with E-state index in [2.05, 4.69) is 20.2 Å². The lowest BCUT2D eigenvalue weighted by Gasteiger charge is -2.08. The van der Waals surface area contributed by atoms with Gasteiger partial charge >= 0.3 is 0 Å². The lowest BCUT2D eigenvalue weighted by Crippen LogP contribution is -2.04. The molecule has 0 saturated heterocycles. The minimum atomic E-state index is -0.692. The van der Waals surface area contributed by atoms with E-state index in [0.717, 1.165) is 6.07 Å². The number of halogens is 3. The van der Waals surface area contributed by atoms with Gasteiger partial charge in [-0.15, -0.1) is 0 Å². The molecule has 0 unspecified atom stereocenters. The average Bonchev–Trinajstić information content (AvgIpc) is 3.18. The molecule has 0 spiro atoms. The van der Waals surface area contributed by atoms with Gasteiger partial charge in [0.15, 0.2) is 5.82 Å². The van der Waals surface area contributed by atoms with Gasteiger partial charge in [-0.1, -0.05) is 12.1 Å². The van der Waals surface area contributed by atoms with Crippen LogP contribution in [0.3, 0.4) is 0 Å². The lowest BCUT2D eigenvalue weighted by atomic mass is 10.1. The van der Waals surface area contributed by atoms with Gasteiger partial charge in [-0.2, -0.15) is 10.2 Å². The van der Waals surface area contributed by atoms with Crippen LogP contribution in [-0.4, -0.2) is 24.7 Å². The van der Waals surface area contributed by atoms with E-state index in [1.54, 1.807) is 42.6 Å². The third-order valence-corrected chi connectivity index (χ3v) is 4.81. The Morgan fingerprint density at radius 3 is 2.32 bits per heavy atom. The molecule has 0 saturated carbocycles. The van der Waals surface area contributed by atoms with E-state index < -0.39 is 11.6 Å². The summed E-state index contributed by atoms with van der Waals surface area (Å²) in [5, 5.41) is 8.20. The van der Waals surface area contributed by atoms with E-state index in [1.165, 1.54) is 18.2 Å². The Labute approximate surface area is 175 Å². The summed E-state index contributed by atoms with van der Waals surface area (Å²) in [6.45, 7) is 0.400. The fourth-order valence-corrected chi connectivity index (χ4v) is 3.29. The van der Waals surface area contributed by atoms with Crippen molar-refractivity contribution in [3.8, 4) is 34.0 Å². The van der Waals surface area contributed by atoms with Gasteiger partial charge in [-0.05, 0) is 42.5 Å². The number of hydrogen-bond acceptors (Lipinski definition) is 4. The first-order valence-corrected chi connectivity index (χ1v) is 9.43. The molecule has 0 fully saturated rings. The molecule has 152 valence electrons. The highest BCUT2D eigenvalue weighted by Crippen LogP contribution is 2.26. The SMILES string of the molecule is Fc1ccc(-c2ccc(Cn3ccc4nc(-c5ccccc5F)nc-4c3)nn2)c(F)c1. The minimum Gasteiger partial charge on any atom is -0.346 e. The normalized spacial score (nSPS) is 11.2. The predicted molar refractivity (Wildman–Crippen MR) is 109 cm³/mol. The zero-order valence-electron chi connectivity index (χ0n) is 16.0. The molecule has 0 atom stereocenters. The van der Waals surface area contributed by atoms with E-state index in [4.69, 9.17) is 0 Å². The summed E-state index contributed by atoms with van der Waals surface area (Å²) in [4.78, 5) is 8.83. The number of rotatable bonds is 4. The topological polar surface area (TPSA) is 56.5 Å². The van der Waals surface area contributed by atoms with Gasteiger partial charge in [0.2, 0.25) is 0 Å². The van der Waals surface area contributed by atoms with Crippen molar-refractivity contribution >= 4 is 0 Å². The van der Waals surface area contributed by atoms with E-state index in [-0.39, 0.29) is 11.4 Å². The third-order valence-electron chi connectivity index (χ3n) is 4.81. The minimum absolute atomic E-state index is 0.183. The maximum atomic E-state index is 14.0. The van der Waals surface area contributed by atoms with Gasteiger partial charge in [0, 0.05) is 24.0 Å². The smallest absolute Gasteiger partial charge is 0.163 e. The molecule has 0 amide bonds. The van der Waals surface area contributed by atoms with Crippen LogP contribution >= 0.6 is 0 Å². The van der Waals surface area contributed by atoms with Crippen LogP contribution in [-0.2, 0) is 6.54 Å². The predicted octanol–water partition coefficient (Wildman–Crippen LogP) is 4.97. The molecule has 31 heavy (non-hydrogen) atoms. The molecule has 5 rings (SSSR count). The zero-order valence-corrected chi connectivity index (χ0v) is 16.0. The van der Waals surface area contributed by atoms with Gasteiger partial charge in [0.1, 0.15) is 23.1 Å². The molecule has 2 aromatic carbocycles. The van der Waals surface area contributed by atoms with Crippen LogP contribution in [0.25, 0.3) is 34.0 Å². The highest BCUT2D eigenvalue weighted by Gasteiger charge is 2.15. The summed E-state index contributed by atoms with van der Waals surface area (Å²) in [7, 11) is 0. The van der Waals surface area contributed by atoms with Crippen LogP contribution in [0, 0.1) is 17.5 Å². The summed E-state index contributed by atoms with van der Waals surface area (Å²) in [6.07, 6.45) is 3.61. The molecule has 0 bridgehead atoms. The Kier molecular flexibility index (Phi) is 4.66. The molecule has 3 aromatic rings. The summed E-state index contributed by atoms with van der Waals surface area (Å²) < 4.78 is 42.9. The number of pyridine rings is 1. The Balaban J connectivity index is 1.39. The highest BCUT2D eigenvalue weighted by atomic mass is 19.1. The van der Waals surface area contributed by atoms with Crippen molar-refractivity contribution in [2.45, 2.75) is 6.54 Å². The van der Waals surface area contributed by atoms with Gasteiger partial charge in [-0.3, -0.25) is 0 Å². The van der Waals surface area contributed by atoms with Crippen molar-refractivity contribution in [3.05, 3.63) is 96.2 Å². The molecule has 0 radical (unpaired) electrons. The van der Waals surface area contributed by atoms with Crippen LogP contribution < -0.4 is 0 Å². The molecular weight excluding hydrogens is 403 g/mol. The van der Waals surface area contributed by atoms with E-state index in [1.807, 2.05) is 10.8 Å². The van der Waals surface area contributed by atoms with Crippen molar-refractivity contribution in [1.82, 2.24) is 24.7 Å². The largest absolute Gasteiger partial charge is 0.346 e. The fraction of sp³-hybridized carbons (Fsp3) is 0.0435. The first-order chi connectivity index (χ1) is 15.1. The number of aromatic nitrogens is 5. The first-order valence-electron chi connectivity index (χ1n) is 9.43. The van der Waals surface area contributed by atoms with Crippen molar-refractivity contribution in [1.29, 1.82) is 0 Å². The molecular formula is C23H14F3N5. The van der Waals surface area contributed by atoms with Gasteiger partial charge in [0.25, 0.3) is 0 Å². The second kappa shape index (κ2) is 7.64. The van der Waals surface area contributed by atoms with Crippen molar-refractivity contribution in [3.63, 3.8) is 0 Å². The molecule has 2 aliphatic rings. The zero-order chi connectivity index (χ0) is 21.4. The molecule has 5 nitrogen and oxygen atoms in total. The number of benzene rings is 2. The Hall–Kier alpha value is -4.07. The molecule has 8 heteroatoms. The summed E-state index contributed by atoms with van der Waals surface area (Å²) >= 11 is 0. The van der Waals surface area contributed by atoms with E-state index in [0.29, 0.717) is 40.7 Å². The summed E-state index contributed by atoms with van der Waals surface area (Å²) in [5.74, 6) is -1.39. The van der Waals surface area contributed by atoms with Gasteiger partial charge in [0.05, 0.1) is 29.2 Å². The molecule has 1 aromatic heterocycles. The maximum Gasteiger partial charge on any atom is 0.163 e. The average molecular weight is 417 g/mol. The fourth-order valence-electron chi connectivity index (χ4n) is 3.29. The third kappa shape index (κ3) is 3.75. The second-order valence-corrected chi connectivity index (χ2v) is 6.95. The lowest BCUT2D eigenvalue weighted by molar-refractivity contribution is 0.585. The summed E-state index contributed by atoms with van der Waals surface area (Å²) in [5.41, 5.74) is 2.77. The van der Waals surface area contributed by atoms with Crippen LogP contribution in [0.4, 0.5) is 13.2 Å². The highest BCUT2D eigenvalue weighted by molar-refractivity contribution is 5.66. The number of imidazole rings is 1. The van der Waals surface area contributed by atoms with Crippen molar-refractivity contribution in [2.24, 2.45) is 0 Å². The van der Waals surface area contributed by atoms with Gasteiger partial charge < -0.3 is 4.57 Å². The van der Waals surface area contributed by atoms with Crippen LogP contribution in [0.15, 0.2) is 73.1 Å². The summed E-state index contributed by atoms with van der Waals surface area (Å²) in [6, 6.07) is 14.8. The van der Waals surface area contributed by atoms with Gasteiger partial charge in [-0.25, -0.2) is 23.1 Å². The molecule has 2 aliphatic heterocycles. The quantitative estimate of drug-likeness (QED) is 0.414. The number of hydrogen-bond donors (Lipinski definition) is 0. The standard InChI is InChI=1S/C23H14F3N5/c24-14-5-7-16(19(26)11-14)20-8-6-15(29-30-20)12-31-10-9-21-22(13-31)28-23(27-21)17-3-1-2-4-18(17)25/h1-11,13H,12H2. The van der Waals surface area contributed by atoms with Crippen LogP contribution in [0.2, 0.25) is 0 Å². The molecule has 3 heterocycles. The molecule has 0 N–H and O–H groups in total. The first kappa shape index (κ1) is 18.9. The number of fused-ring (bicyclic) bond motifs is 1. The molecule has 0 aliphatic carbocycles. The second-order valence-electron chi connectivity index (χ2n) is 6.95. The van der Waals surface area contributed by atoms with Crippen LogP contribution in [0.5, 0.6) is 0 Å². The van der Waals surface area contributed by atoms with Crippen LogP contribution in [0.1, 0.15) is 5.69 Å². The Morgan fingerprint density at radius 1 is 0.710 bits per heavy atom. The monoisotopic (exact) mass is 417 g/mol. The maximum absolute atomic E-state index is 14.0. The van der Waals surface area contributed by atoms with E-state index in [9.17, 15) is 13.2 Å². The van der Waals surface area contributed by atoms with Crippen molar-refractivity contribution in [2.75, 3.05) is 0 Å². The Morgan fingerprint density at radius 2 is 1.55 bits per heavy atom. The van der Waals surface area contributed by atoms with E-state index >= 15 is 0 Å². The number of nitrogens with zero attached hydrogens (tertiary/aromatic N) is 5.